The summed E-state index contributed by atoms with van der Waals surface area (Å²) in [6.07, 6.45) is 2.43. The summed E-state index contributed by atoms with van der Waals surface area (Å²) in [6, 6.07) is -0.0902. The van der Waals surface area contributed by atoms with Crippen LogP contribution >= 0.6 is 0 Å². The number of nitrogens with two attached hydrogens (primary N) is 1. The van der Waals surface area contributed by atoms with Gasteiger partial charge >= 0.3 is 0 Å². The molecule has 1 aliphatic carbocycles. The van der Waals surface area contributed by atoms with E-state index in [1.165, 1.54) is 12.4 Å². The average Bonchev–Trinajstić information content (AvgIpc) is 2.61. The predicted octanol–water partition coefficient (Wildman–Crippen LogP) is 0.772. The summed E-state index contributed by atoms with van der Waals surface area (Å²) in [7, 11) is -3.59. The van der Waals surface area contributed by atoms with Crippen molar-refractivity contribution >= 4 is 16.0 Å². The van der Waals surface area contributed by atoms with Gasteiger partial charge in [0.2, 0.25) is 16.0 Å². The largest absolute Gasteiger partial charge is 0.368 e. The monoisotopic (exact) mass is 270 g/mol. The predicted molar refractivity (Wildman–Crippen MR) is 68.1 cm³/mol. The van der Waals surface area contributed by atoms with Gasteiger partial charge in [0.25, 0.3) is 0 Å². The van der Waals surface area contributed by atoms with Crippen LogP contribution in [0.15, 0.2) is 17.3 Å². The molecule has 1 aromatic rings. The summed E-state index contributed by atoms with van der Waals surface area (Å²) in [5, 5.41) is 0. The van der Waals surface area contributed by atoms with E-state index < -0.39 is 10.0 Å². The zero-order chi connectivity index (χ0) is 13.8. The third-order valence-corrected chi connectivity index (χ3v) is 5.63. The molecule has 1 fully saturated rings. The lowest BCUT2D eigenvalue weighted by atomic mass is 10.0. The van der Waals surface area contributed by atoms with Gasteiger partial charge in [-0.05, 0) is 10.8 Å². The van der Waals surface area contributed by atoms with Crippen LogP contribution < -0.4 is 10.5 Å². The number of nitrogens with one attached hydrogen (secondary N) is 1. The van der Waals surface area contributed by atoms with Gasteiger partial charge in [0, 0.05) is 6.04 Å². The highest BCUT2D eigenvalue weighted by Gasteiger charge is 2.66. The van der Waals surface area contributed by atoms with E-state index in [-0.39, 0.29) is 27.7 Å². The maximum absolute atomic E-state index is 12.1. The summed E-state index contributed by atoms with van der Waals surface area (Å²) in [6.45, 7) is 8.17. The quantitative estimate of drug-likeness (QED) is 0.845. The van der Waals surface area contributed by atoms with Crippen molar-refractivity contribution in [2.75, 3.05) is 5.73 Å². The first kappa shape index (κ1) is 13.2. The number of nitrogens with zero attached hydrogens (tertiary/aromatic N) is 2. The molecule has 0 unspecified atom stereocenters. The van der Waals surface area contributed by atoms with Gasteiger partial charge in [0.15, 0.2) is 0 Å². The fourth-order valence-electron chi connectivity index (χ4n) is 2.18. The van der Waals surface area contributed by atoms with Gasteiger partial charge < -0.3 is 5.73 Å². The number of hydrogen-bond donors (Lipinski definition) is 2. The molecule has 7 heteroatoms. The second-order valence-electron chi connectivity index (χ2n) is 5.77. The van der Waals surface area contributed by atoms with Gasteiger partial charge in [-0.3, -0.25) is 0 Å². The van der Waals surface area contributed by atoms with Crippen LogP contribution in [0.4, 0.5) is 5.95 Å². The van der Waals surface area contributed by atoms with Crippen molar-refractivity contribution in [1.29, 1.82) is 0 Å². The van der Waals surface area contributed by atoms with Crippen LogP contribution in [0.2, 0.25) is 0 Å². The van der Waals surface area contributed by atoms with Crippen LogP contribution in [0.1, 0.15) is 27.7 Å². The van der Waals surface area contributed by atoms with Crippen LogP contribution in [-0.2, 0) is 10.0 Å². The van der Waals surface area contributed by atoms with Gasteiger partial charge in [-0.2, -0.15) is 0 Å². The highest BCUT2D eigenvalue weighted by molar-refractivity contribution is 7.89. The number of sulfonamides is 1. The van der Waals surface area contributed by atoms with Gasteiger partial charge in [-0.1, -0.05) is 27.7 Å². The Morgan fingerprint density at radius 3 is 2.00 bits per heavy atom. The smallest absolute Gasteiger partial charge is 0.243 e. The molecule has 0 radical (unpaired) electrons. The minimum absolute atomic E-state index is 0.0372. The van der Waals surface area contributed by atoms with E-state index in [4.69, 9.17) is 5.73 Å². The molecule has 0 bridgehead atoms. The topological polar surface area (TPSA) is 98.0 Å². The van der Waals surface area contributed by atoms with Gasteiger partial charge in [-0.15, -0.1) is 0 Å². The molecule has 0 atom stereocenters. The maximum atomic E-state index is 12.1. The number of rotatable bonds is 3. The molecule has 6 nitrogen and oxygen atoms in total. The Hall–Kier alpha value is -1.21. The summed E-state index contributed by atoms with van der Waals surface area (Å²) in [5.41, 5.74) is 5.21. The van der Waals surface area contributed by atoms with E-state index >= 15 is 0 Å². The van der Waals surface area contributed by atoms with E-state index in [2.05, 4.69) is 14.7 Å². The molecule has 3 N–H and O–H groups in total. The molecular formula is C11H18N4O2S. The Kier molecular flexibility index (Phi) is 2.68. The molecule has 18 heavy (non-hydrogen) atoms. The van der Waals surface area contributed by atoms with Crippen LogP contribution in [0.3, 0.4) is 0 Å². The van der Waals surface area contributed by atoms with Crippen molar-refractivity contribution in [1.82, 2.24) is 14.7 Å². The van der Waals surface area contributed by atoms with Crippen molar-refractivity contribution in [2.24, 2.45) is 10.8 Å². The number of nitrogen functional groups attached to an aromatic ring is 1. The normalized spacial score (nSPS) is 21.8. The third kappa shape index (κ3) is 1.87. The molecule has 0 saturated heterocycles. The highest BCUT2D eigenvalue weighted by atomic mass is 32.2. The summed E-state index contributed by atoms with van der Waals surface area (Å²) in [4.78, 5) is 7.42. The Morgan fingerprint density at radius 1 is 1.17 bits per heavy atom. The third-order valence-electron chi connectivity index (χ3n) is 4.25. The summed E-state index contributed by atoms with van der Waals surface area (Å²) >= 11 is 0. The van der Waals surface area contributed by atoms with E-state index in [0.29, 0.717) is 0 Å². The molecular weight excluding hydrogens is 252 g/mol. The fraction of sp³-hybridized carbons (Fsp3) is 0.636. The zero-order valence-corrected chi connectivity index (χ0v) is 11.7. The zero-order valence-electron chi connectivity index (χ0n) is 10.9. The van der Waals surface area contributed by atoms with Crippen molar-refractivity contribution in [3.8, 4) is 0 Å². The molecule has 2 rings (SSSR count). The molecule has 1 heterocycles. The average molecular weight is 270 g/mol. The minimum atomic E-state index is -3.59. The molecule has 1 aliphatic rings. The van der Waals surface area contributed by atoms with Crippen LogP contribution in [0.25, 0.3) is 0 Å². The van der Waals surface area contributed by atoms with Crippen LogP contribution in [0.5, 0.6) is 0 Å². The van der Waals surface area contributed by atoms with Crippen molar-refractivity contribution in [3.63, 3.8) is 0 Å². The Bertz CT molecular complexity index is 549. The fourth-order valence-corrected chi connectivity index (χ4v) is 3.60. The van der Waals surface area contributed by atoms with Crippen LogP contribution in [0, 0.1) is 10.8 Å². The highest BCUT2D eigenvalue weighted by Crippen LogP contribution is 2.62. The number of hydrogen-bond acceptors (Lipinski definition) is 5. The maximum Gasteiger partial charge on any atom is 0.243 e. The van der Waals surface area contributed by atoms with Crippen molar-refractivity contribution in [3.05, 3.63) is 12.4 Å². The van der Waals surface area contributed by atoms with E-state index in [0.717, 1.165) is 0 Å². The van der Waals surface area contributed by atoms with Gasteiger partial charge in [0.05, 0.1) is 12.4 Å². The standard InChI is InChI=1S/C11H18N4O2S/c1-10(2)8(11(10,3)4)15-18(16,17)7-5-13-9(12)14-6-7/h5-6,8,15H,1-4H3,(H2,12,13,14). The lowest BCUT2D eigenvalue weighted by Gasteiger charge is -2.07. The summed E-state index contributed by atoms with van der Waals surface area (Å²) < 4.78 is 27.0. The minimum Gasteiger partial charge on any atom is -0.368 e. The van der Waals surface area contributed by atoms with Crippen molar-refractivity contribution in [2.45, 2.75) is 38.6 Å². The molecule has 0 aliphatic heterocycles. The number of anilines is 1. The molecule has 100 valence electrons. The van der Waals surface area contributed by atoms with Crippen molar-refractivity contribution < 1.29 is 8.42 Å². The molecule has 0 spiro atoms. The second kappa shape index (κ2) is 3.64. The molecule has 0 amide bonds. The molecule has 1 aromatic heterocycles. The molecule has 1 saturated carbocycles. The Morgan fingerprint density at radius 2 is 1.61 bits per heavy atom. The van der Waals surface area contributed by atoms with Crippen LogP contribution in [-0.4, -0.2) is 24.4 Å². The summed E-state index contributed by atoms with van der Waals surface area (Å²) in [5.74, 6) is 0.0565. The first-order valence-corrected chi connectivity index (χ1v) is 7.17. The Labute approximate surface area is 107 Å². The van der Waals surface area contributed by atoms with Gasteiger partial charge in [0.1, 0.15) is 4.90 Å². The van der Waals surface area contributed by atoms with E-state index in [1.54, 1.807) is 0 Å². The first-order chi connectivity index (χ1) is 8.09. The SMILES string of the molecule is CC1(C)C(NS(=O)(=O)c2cnc(N)nc2)C1(C)C. The van der Waals surface area contributed by atoms with E-state index in [9.17, 15) is 8.42 Å². The lowest BCUT2D eigenvalue weighted by molar-refractivity contribution is 0.457. The number of aromatic nitrogens is 2. The van der Waals surface area contributed by atoms with E-state index in [1.807, 2.05) is 27.7 Å². The first-order valence-electron chi connectivity index (χ1n) is 5.69. The lowest BCUT2D eigenvalue weighted by Crippen LogP contribution is -2.30. The Balaban J connectivity index is 2.22. The van der Waals surface area contributed by atoms with Gasteiger partial charge in [-0.25, -0.2) is 23.1 Å². The second-order valence-corrected chi connectivity index (χ2v) is 7.49. The molecule has 0 aromatic carbocycles.